The van der Waals surface area contributed by atoms with Gasteiger partial charge in [0, 0.05) is 33.7 Å². The zero-order valence-corrected chi connectivity index (χ0v) is 13.4. The fourth-order valence-electron chi connectivity index (χ4n) is 2.61. The number of hydrogen-bond acceptors (Lipinski definition) is 6. The average molecular weight is 358 g/mol. The van der Waals surface area contributed by atoms with Gasteiger partial charge in [-0.15, -0.1) is 0 Å². The highest BCUT2D eigenvalue weighted by atomic mass is 32.2. The largest absolute Gasteiger partial charge is 0.534 e. The van der Waals surface area contributed by atoms with Gasteiger partial charge in [0.2, 0.25) is 0 Å². The fourth-order valence-corrected chi connectivity index (χ4v) is 3.10. The Kier molecular flexibility index (Phi) is 4.82. The number of alkyl halides is 3. The van der Waals surface area contributed by atoms with E-state index in [1.54, 1.807) is 12.2 Å². The first-order chi connectivity index (χ1) is 10.6. The van der Waals surface area contributed by atoms with E-state index in [0.717, 1.165) is 0 Å². The lowest BCUT2D eigenvalue weighted by Crippen LogP contribution is -2.44. The smallest absolute Gasteiger partial charge is 0.385 e. The van der Waals surface area contributed by atoms with Crippen LogP contribution < -0.4 is 0 Å². The maximum Gasteiger partial charge on any atom is 0.534 e. The second-order valence-electron chi connectivity index (χ2n) is 5.40. The minimum Gasteiger partial charge on any atom is -0.385 e. The van der Waals surface area contributed by atoms with Gasteiger partial charge in [-0.2, -0.15) is 21.6 Å². The van der Waals surface area contributed by atoms with Crippen LogP contribution in [0.15, 0.2) is 24.0 Å². The van der Waals surface area contributed by atoms with Gasteiger partial charge >= 0.3 is 15.6 Å². The molecule has 2 bridgehead atoms. The van der Waals surface area contributed by atoms with Crippen LogP contribution in [0.25, 0.3) is 0 Å². The summed E-state index contributed by atoms with van der Waals surface area (Å²) in [6.45, 7) is 0.314. The Morgan fingerprint density at radius 1 is 1.26 bits per heavy atom. The molecular formula is C13H17F3O6S. The van der Waals surface area contributed by atoms with Gasteiger partial charge in [-0.05, 0) is 12.2 Å². The average Bonchev–Trinajstić information content (AvgIpc) is 2.67. The maximum atomic E-state index is 12.5. The van der Waals surface area contributed by atoms with Gasteiger partial charge in [-0.3, -0.25) is 0 Å². The Balaban J connectivity index is 2.30. The predicted octanol–water partition coefficient (Wildman–Crippen LogP) is 1.89. The Morgan fingerprint density at radius 2 is 1.96 bits per heavy atom. The van der Waals surface area contributed by atoms with E-state index in [4.69, 9.17) is 14.2 Å². The minimum atomic E-state index is -5.73. The van der Waals surface area contributed by atoms with Crippen LogP contribution in [-0.2, 0) is 28.5 Å². The number of hydrogen-bond donors (Lipinski definition) is 0. The topological polar surface area (TPSA) is 71.1 Å². The van der Waals surface area contributed by atoms with Gasteiger partial charge in [-0.25, -0.2) is 0 Å². The van der Waals surface area contributed by atoms with Gasteiger partial charge in [0.15, 0.2) is 0 Å². The van der Waals surface area contributed by atoms with Crippen LogP contribution in [0, 0.1) is 0 Å². The van der Waals surface area contributed by atoms with Gasteiger partial charge in [0.1, 0.15) is 17.0 Å². The van der Waals surface area contributed by atoms with Crippen LogP contribution in [0.5, 0.6) is 0 Å². The molecule has 0 unspecified atom stereocenters. The van der Waals surface area contributed by atoms with Crippen LogP contribution in [-0.4, -0.2) is 52.6 Å². The minimum absolute atomic E-state index is 0.0466. The maximum absolute atomic E-state index is 12.5. The molecular weight excluding hydrogens is 341 g/mol. The molecule has 0 saturated carbocycles. The van der Waals surface area contributed by atoms with Crippen molar-refractivity contribution in [1.82, 2.24) is 0 Å². The number of rotatable bonds is 7. The molecule has 0 amide bonds. The molecule has 2 rings (SSSR count). The zero-order chi connectivity index (χ0) is 17.4. The van der Waals surface area contributed by atoms with E-state index >= 15 is 0 Å². The molecule has 0 spiro atoms. The van der Waals surface area contributed by atoms with Gasteiger partial charge in [0.25, 0.3) is 0 Å². The van der Waals surface area contributed by atoms with Crippen LogP contribution in [0.4, 0.5) is 13.2 Å². The summed E-state index contributed by atoms with van der Waals surface area (Å²) in [7, 11) is -2.85. The second-order valence-corrected chi connectivity index (χ2v) is 6.94. The molecule has 2 aliphatic heterocycles. The summed E-state index contributed by atoms with van der Waals surface area (Å²) >= 11 is 0. The lowest BCUT2D eigenvalue weighted by atomic mass is 9.95. The van der Waals surface area contributed by atoms with Crippen LogP contribution in [0.1, 0.15) is 12.8 Å². The summed E-state index contributed by atoms with van der Waals surface area (Å²) < 4.78 is 80.2. The van der Waals surface area contributed by atoms with Gasteiger partial charge < -0.3 is 18.4 Å². The zero-order valence-electron chi connectivity index (χ0n) is 12.6. The second kappa shape index (κ2) is 6.08. The van der Waals surface area contributed by atoms with Gasteiger partial charge in [-0.1, -0.05) is 6.08 Å². The third-order valence-electron chi connectivity index (χ3n) is 3.53. The van der Waals surface area contributed by atoms with E-state index in [9.17, 15) is 21.6 Å². The summed E-state index contributed by atoms with van der Waals surface area (Å²) in [5, 5.41) is 0. The summed E-state index contributed by atoms with van der Waals surface area (Å²) in [6.07, 6.45) is 4.67. The molecule has 2 aliphatic rings. The van der Waals surface area contributed by atoms with Crippen LogP contribution >= 0.6 is 0 Å². The third kappa shape index (κ3) is 3.70. The quantitative estimate of drug-likeness (QED) is 0.393. The Morgan fingerprint density at radius 3 is 2.52 bits per heavy atom. The molecule has 10 heteroatoms. The molecule has 0 aliphatic carbocycles. The van der Waals surface area contributed by atoms with E-state index in [2.05, 4.69) is 4.18 Å². The first-order valence-electron chi connectivity index (χ1n) is 6.68. The van der Waals surface area contributed by atoms with Crippen LogP contribution in [0.2, 0.25) is 0 Å². The summed E-state index contributed by atoms with van der Waals surface area (Å²) in [4.78, 5) is 0. The van der Waals surface area contributed by atoms with E-state index in [1.807, 2.05) is 0 Å². The lowest BCUT2D eigenvalue weighted by molar-refractivity contribution is -0.118. The van der Waals surface area contributed by atoms with Crippen LogP contribution in [0.3, 0.4) is 0 Å². The van der Waals surface area contributed by atoms with Crippen molar-refractivity contribution in [2.24, 2.45) is 0 Å². The molecule has 0 N–H and O–H groups in total. The monoisotopic (exact) mass is 358 g/mol. The summed E-state index contributed by atoms with van der Waals surface area (Å²) in [6, 6.07) is 0. The number of halogens is 3. The van der Waals surface area contributed by atoms with Crippen molar-refractivity contribution in [1.29, 1.82) is 0 Å². The van der Waals surface area contributed by atoms with Crippen molar-refractivity contribution >= 4 is 10.1 Å². The predicted molar refractivity (Wildman–Crippen MR) is 72.8 cm³/mol. The van der Waals surface area contributed by atoms with Crippen molar-refractivity contribution in [3.8, 4) is 0 Å². The lowest BCUT2D eigenvalue weighted by Gasteiger charge is -2.38. The van der Waals surface area contributed by atoms with Crippen molar-refractivity contribution in [3.63, 3.8) is 0 Å². The molecule has 6 nitrogen and oxygen atoms in total. The molecule has 0 saturated heterocycles. The normalized spacial score (nSPS) is 30.4. The fraction of sp³-hybridized carbons (Fsp3) is 0.692. The van der Waals surface area contributed by atoms with E-state index in [0.29, 0.717) is 6.42 Å². The molecule has 0 aromatic rings. The molecule has 0 aromatic carbocycles. The van der Waals surface area contributed by atoms with E-state index in [1.165, 1.54) is 20.3 Å². The molecule has 132 valence electrons. The highest BCUT2D eigenvalue weighted by Gasteiger charge is 2.53. The number of ether oxygens (including phenoxy) is 3. The Labute approximate surface area is 132 Å². The molecule has 0 fully saturated rings. The number of fused-ring (bicyclic) bond motifs is 2. The Hall–Kier alpha value is -1.10. The molecule has 23 heavy (non-hydrogen) atoms. The third-order valence-corrected chi connectivity index (χ3v) is 4.53. The first kappa shape index (κ1) is 18.2. The SMILES string of the molecule is COCC[C@]12C=C[C@](COC)(CC(OS(=O)(=O)C(F)(F)F)=C1)O2. The highest BCUT2D eigenvalue weighted by molar-refractivity contribution is 7.87. The Bertz CT molecular complexity index is 612. The van der Waals surface area contributed by atoms with Crippen molar-refractivity contribution in [3.05, 3.63) is 24.0 Å². The summed E-state index contributed by atoms with van der Waals surface area (Å²) in [5.41, 5.74) is -7.64. The standard InChI is InChI=1S/C13H17F3O6S/c1-19-6-5-11-3-4-12(22-11,9-20-2)8-10(7-11)21-23(17,18)13(14,15)16/h3-4,7H,5-6,8-9H2,1-2H3/t11-,12-/m1/s1. The molecule has 2 atom stereocenters. The molecule has 0 radical (unpaired) electrons. The van der Waals surface area contributed by atoms with E-state index < -0.39 is 26.8 Å². The van der Waals surface area contributed by atoms with E-state index in [-0.39, 0.29) is 25.4 Å². The molecule has 0 aromatic heterocycles. The number of methoxy groups -OCH3 is 2. The van der Waals surface area contributed by atoms with Crippen molar-refractivity contribution in [2.75, 3.05) is 27.4 Å². The highest BCUT2D eigenvalue weighted by Crippen LogP contribution is 2.45. The van der Waals surface area contributed by atoms with Crippen molar-refractivity contribution in [2.45, 2.75) is 29.6 Å². The van der Waals surface area contributed by atoms with Gasteiger partial charge in [0.05, 0.1) is 6.61 Å². The van der Waals surface area contributed by atoms with Crippen molar-refractivity contribution < 1.29 is 40.0 Å². The molecule has 2 heterocycles. The summed E-state index contributed by atoms with van der Waals surface area (Å²) in [5.74, 6) is -0.327. The first-order valence-corrected chi connectivity index (χ1v) is 8.09.